The van der Waals surface area contributed by atoms with Crippen LogP contribution < -0.4 is 5.32 Å². The van der Waals surface area contributed by atoms with E-state index in [1.807, 2.05) is 44.2 Å². The van der Waals surface area contributed by atoms with Gasteiger partial charge < -0.3 is 14.8 Å². The maximum Gasteiger partial charge on any atom is 0.120 e. The van der Waals surface area contributed by atoms with Crippen molar-refractivity contribution in [2.45, 2.75) is 45.3 Å². The summed E-state index contributed by atoms with van der Waals surface area (Å²) in [7, 11) is 0. The molecule has 1 aromatic heterocycles. The zero-order chi connectivity index (χ0) is 15.2. The lowest BCUT2D eigenvalue weighted by Gasteiger charge is -2.21. The summed E-state index contributed by atoms with van der Waals surface area (Å²) >= 11 is 0. The Morgan fingerprint density at radius 2 is 1.81 bits per heavy atom. The van der Waals surface area contributed by atoms with E-state index in [1.54, 1.807) is 0 Å². The van der Waals surface area contributed by atoms with Crippen molar-refractivity contribution in [2.75, 3.05) is 6.54 Å². The molecule has 2 rings (SSSR count). The third kappa shape index (κ3) is 4.73. The molecule has 0 saturated heterocycles. The molecule has 0 spiro atoms. The molecule has 3 heteroatoms. The molecule has 0 amide bonds. The zero-order valence-corrected chi connectivity index (χ0v) is 13.0. The fourth-order valence-corrected chi connectivity index (χ4v) is 2.58. The van der Waals surface area contributed by atoms with Crippen LogP contribution in [0.5, 0.6) is 0 Å². The second kappa shape index (κ2) is 7.43. The van der Waals surface area contributed by atoms with E-state index >= 15 is 0 Å². The third-order valence-electron chi connectivity index (χ3n) is 3.75. The molecule has 3 unspecified atom stereocenters. The maximum atomic E-state index is 9.72. The summed E-state index contributed by atoms with van der Waals surface area (Å²) in [5.74, 6) is 2.18. The van der Waals surface area contributed by atoms with E-state index in [0.29, 0.717) is 5.92 Å². The third-order valence-corrected chi connectivity index (χ3v) is 3.75. The first-order valence-corrected chi connectivity index (χ1v) is 7.59. The number of hydrogen-bond donors (Lipinski definition) is 2. The molecule has 0 fully saturated rings. The Balaban J connectivity index is 1.99. The van der Waals surface area contributed by atoms with Crippen LogP contribution in [0, 0.1) is 6.92 Å². The van der Waals surface area contributed by atoms with Gasteiger partial charge in [0.1, 0.15) is 11.5 Å². The minimum Gasteiger partial charge on any atom is -0.465 e. The van der Waals surface area contributed by atoms with E-state index in [2.05, 4.69) is 24.4 Å². The molecule has 0 radical (unpaired) electrons. The molecule has 114 valence electrons. The Morgan fingerprint density at radius 1 is 1.10 bits per heavy atom. The summed E-state index contributed by atoms with van der Waals surface area (Å²) in [6, 6.07) is 14.5. The molecule has 3 nitrogen and oxygen atoms in total. The van der Waals surface area contributed by atoms with Crippen LogP contribution in [-0.2, 0) is 0 Å². The second-order valence-electron chi connectivity index (χ2n) is 5.77. The van der Waals surface area contributed by atoms with Crippen LogP contribution in [0.4, 0.5) is 0 Å². The Bertz CT molecular complexity index is 533. The topological polar surface area (TPSA) is 45.4 Å². The molecule has 0 aliphatic heterocycles. The Hall–Kier alpha value is -1.58. The summed E-state index contributed by atoms with van der Waals surface area (Å²) in [6.45, 7) is 6.71. The fraction of sp³-hybridized carbons (Fsp3) is 0.444. The molecule has 3 atom stereocenters. The number of aryl methyl sites for hydroxylation is 1. The van der Waals surface area contributed by atoms with Gasteiger partial charge in [-0.15, -0.1) is 0 Å². The van der Waals surface area contributed by atoms with Gasteiger partial charge in [-0.2, -0.15) is 0 Å². The average molecular weight is 287 g/mol. The molecule has 0 aliphatic carbocycles. The lowest BCUT2D eigenvalue weighted by molar-refractivity contribution is 0.172. The van der Waals surface area contributed by atoms with Crippen LogP contribution in [-0.4, -0.2) is 17.8 Å². The van der Waals surface area contributed by atoms with Crippen LogP contribution in [0.25, 0.3) is 0 Å². The van der Waals surface area contributed by atoms with Crippen molar-refractivity contribution in [3.05, 3.63) is 59.5 Å². The monoisotopic (exact) mass is 287 g/mol. The van der Waals surface area contributed by atoms with Crippen LogP contribution in [0.2, 0.25) is 0 Å². The van der Waals surface area contributed by atoms with Crippen molar-refractivity contribution in [1.29, 1.82) is 0 Å². The lowest BCUT2D eigenvalue weighted by Crippen LogP contribution is -2.26. The highest BCUT2D eigenvalue weighted by molar-refractivity contribution is 5.20. The van der Waals surface area contributed by atoms with Crippen molar-refractivity contribution in [3.63, 3.8) is 0 Å². The molecule has 0 aliphatic rings. The van der Waals surface area contributed by atoms with Gasteiger partial charge >= 0.3 is 0 Å². The molecular weight excluding hydrogens is 262 g/mol. The van der Waals surface area contributed by atoms with Gasteiger partial charge in [0.15, 0.2) is 0 Å². The number of nitrogens with one attached hydrogen (secondary N) is 1. The van der Waals surface area contributed by atoms with Crippen molar-refractivity contribution >= 4 is 0 Å². The van der Waals surface area contributed by atoms with Gasteiger partial charge in [-0.1, -0.05) is 30.3 Å². The first-order valence-electron chi connectivity index (χ1n) is 7.59. The number of furan rings is 1. The standard InChI is InChI=1S/C18H25NO2/c1-13(20)11-17(16-7-5-4-6-8-16)12-19-15(3)18-10-9-14(2)21-18/h4-10,13,15,17,19-20H,11-12H2,1-3H3. The smallest absolute Gasteiger partial charge is 0.120 e. The summed E-state index contributed by atoms with van der Waals surface area (Å²) in [5, 5.41) is 13.2. The zero-order valence-electron chi connectivity index (χ0n) is 13.0. The number of aliphatic hydroxyl groups is 1. The van der Waals surface area contributed by atoms with Gasteiger partial charge in [-0.3, -0.25) is 0 Å². The minimum atomic E-state index is -0.307. The second-order valence-corrected chi connectivity index (χ2v) is 5.77. The van der Waals surface area contributed by atoms with E-state index in [4.69, 9.17) is 4.42 Å². The van der Waals surface area contributed by atoms with Crippen LogP contribution in [0.15, 0.2) is 46.9 Å². The Morgan fingerprint density at radius 3 is 2.38 bits per heavy atom. The van der Waals surface area contributed by atoms with E-state index < -0.39 is 0 Å². The van der Waals surface area contributed by atoms with Gasteiger partial charge in [0.2, 0.25) is 0 Å². The molecule has 1 aromatic carbocycles. The quantitative estimate of drug-likeness (QED) is 0.814. The SMILES string of the molecule is Cc1ccc(C(C)NCC(CC(C)O)c2ccccc2)o1. The largest absolute Gasteiger partial charge is 0.465 e. The number of hydrogen-bond acceptors (Lipinski definition) is 3. The number of rotatable bonds is 7. The van der Waals surface area contributed by atoms with E-state index in [-0.39, 0.29) is 12.1 Å². The van der Waals surface area contributed by atoms with E-state index in [1.165, 1.54) is 5.56 Å². The summed E-state index contributed by atoms with van der Waals surface area (Å²) in [6.07, 6.45) is 0.444. The molecular formula is C18H25NO2. The van der Waals surface area contributed by atoms with Crippen LogP contribution in [0.3, 0.4) is 0 Å². The van der Waals surface area contributed by atoms with Crippen molar-refractivity contribution < 1.29 is 9.52 Å². The van der Waals surface area contributed by atoms with Gasteiger partial charge in [-0.25, -0.2) is 0 Å². The Labute approximate surface area is 127 Å². The highest BCUT2D eigenvalue weighted by Gasteiger charge is 2.16. The Kier molecular flexibility index (Phi) is 5.59. The highest BCUT2D eigenvalue weighted by atomic mass is 16.3. The molecule has 0 bridgehead atoms. The van der Waals surface area contributed by atoms with Crippen molar-refractivity contribution in [3.8, 4) is 0 Å². The molecule has 0 saturated carbocycles. The van der Waals surface area contributed by atoms with Crippen LogP contribution in [0.1, 0.15) is 49.3 Å². The highest BCUT2D eigenvalue weighted by Crippen LogP contribution is 2.22. The predicted octanol–water partition coefficient (Wildman–Crippen LogP) is 3.79. The molecule has 2 N–H and O–H groups in total. The van der Waals surface area contributed by atoms with Gasteiger partial charge in [0.25, 0.3) is 0 Å². The van der Waals surface area contributed by atoms with E-state index in [0.717, 1.165) is 24.5 Å². The van der Waals surface area contributed by atoms with Crippen molar-refractivity contribution in [1.82, 2.24) is 5.32 Å². The first kappa shape index (κ1) is 15.8. The maximum absolute atomic E-state index is 9.72. The molecule has 2 aromatic rings. The summed E-state index contributed by atoms with van der Waals surface area (Å²) in [4.78, 5) is 0. The van der Waals surface area contributed by atoms with Crippen molar-refractivity contribution in [2.24, 2.45) is 0 Å². The van der Waals surface area contributed by atoms with Gasteiger partial charge in [0, 0.05) is 6.54 Å². The normalized spacial score (nSPS) is 15.6. The fourth-order valence-electron chi connectivity index (χ4n) is 2.58. The summed E-state index contributed by atoms with van der Waals surface area (Å²) < 4.78 is 5.65. The van der Waals surface area contributed by atoms with Crippen LogP contribution >= 0.6 is 0 Å². The molecule has 21 heavy (non-hydrogen) atoms. The van der Waals surface area contributed by atoms with Gasteiger partial charge in [-0.05, 0) is 50.8 Å². The molecule has 1 heterocycles. The summed E-state index contributed by atoms with van der Waals surface area (Å²) in [5.41, 5.74) is 1.26. The predicted molar refractivity (Wildman–Crippen MR) is 85.3 cm³/mol. The lowest BCUT2D eigenvalue weighted by atomic mass is 9.93. The van der Waals surface area contributed by atoms with E-state index in [9.17, 15) is 5.11 Å². The average Bonchev–Trinajstić information content (AvgIpc) is 2.90. The minimum absolute atomic E-state index is 0.166. The number of aliphatic hydroxyl groups excluding tert-OH is 1. The van der Waals surface area contributed by atoms with Gasteiger partial charge in [0.05, 0.1) is 12.1 Å². The first-order chi connectivity index (χ1) is 10.1. The number of benzene rings is 1.